The van der Waals surface area contributed by atoms with Gasteiger partial charge in [0.15, 0.2) is 0 Å². The summed E-state index contributed by atoms with van der Waals surface area (Å²) in [7, 11) is 0. The number of nitrogens with one attached hydrogen (secondary N) is 1. The molecule has 0 spiro atoms. The Hall–Kier alpha value is -2.18. The second-order valence-electron chi connectivity index (χ2n) is 6.78. The quantitative estimate of drug-likeness (QED) is 0.899. The van der Waals surface area contributed by atoms with Crippen molar-refractivity contribution in [2.45, 2.75) is 25.6 Å². The van der Waals surface area contributed by atoms with Crippen LogP contribution in [0, 0.1) is 11.8 Å². The van der Waals surface area contributed by atoms with Gasteiger partial charge in [-0.25, -0.2) is 0 Å². The highest BCUT2D eigenvalue weighted by Crippen LogP contribution is 2.34. The number of hydrogen-bond donors (Lipinski definition) is 1. The topological polar surface area (TPSA) is 67.6 Å². The largest absolute Gasteiger partial charge is 0.468 e. The summed E-state index contributed by atoms with van der Waals surface area (Å²) < 4.78 is 11.3. The van der Waals surface area contributed by atoms with Crippen LogP contribution in [0.1, 0.15) is 17.9 Å². The molecule has 25 heavy (non-hydrogen) atoms. The van der Waals surface area contributed by atoms with Crippen molar-refractivity contribution in [1.82, 2.24) is 15.2 Å². The Morgan fingerprint density at radius 3 is 3.04 bits per heavy atom. The molecule has 2 aromatic heterocycles. The monoisotopic (exact) mass is 341 g/mol. The number of pyridine rings is 1. The van der Waals surface area contributed by atoms with Crippen molar-refractivity contribution in [3.63, 3.8) is 0 Å². The first-order valence-electron chi connectivity index (χ1n) is 8.83. The number of nitrogens with zero attached hydrogens (tertiary/aromatic N) is 2. The van der Waals surface area contributed by atoms with Crippen LogP contribution >= 0.6 is 0 Å². The average Bonchev–Trinajstić information content (AvgIpc) is 3.31. The van der Waals surface area contributed by atoms with Crippen LogP contribution in [0.2, 0.25) is 0 Å². The summed E-state index contributed by atoms with van der Waals surface area (Å²) in [5.41, 5.74) is 0.873. The van der Waals surface area contributed by atoms with Crippen molar-refractivity contribution in [3.8, 4) is 0 Å². The Labute approximate surface area is 147 Å². The molecule has 2 aliphatic rings. The zero-order valence-corrected chi connectivity index (χ0v) is 14.1. The van der Waals surface area contributed by atoms with Gasteiger partial charge in [-0.1, -0.05) is 6.07 Å². The SMILES string of the molecule is O=C(NCc1ccccn1)[C@@H]1CN(Cc2ccco2)C[C@@H]2OCC[C@@H]21. The number of hydrogen-bond acceptors (Lipinski definition) is 5. The fourth-order valence-electron chi connectivity index (χ4n) is 3.90. The molecule has 2 aliphatic heterocycles. The predicted octanol–water partition coefficient (Wildman–Crippen LogP) is 1.83. The Kier molecular flexibility index (Phi) is 4.81. The normalized spacial score (nSPS) is 26.3. The Morgan fingerprint density at radius 1 is 1.28 bits per heavy atom. The highest BCUT2D eigenvalue weighted by atomic mass is 16.5. The molecule has 2 fully saturated rings. The van der Waals surface area contributed by atoms with E-state index in [1.54, 1.807) is 12.5 Å². The third kappa shape index (κ3) is 3.75. The summed E-state index contributed by atoms with van der Waals surface area (Å²) in [6.07, 6.45) is 4.52. The van der Waals surface area contributed by atoms with Gasteiger partial charge >= 0.3 is 0 Å². The van der Waals surface area contributed by atoms with Crippen molar-refractivity contribution in [2.24, 2.45) is 11.8 Å². The molecule has 2 saturated heterocycles. The average molecular weight is 341 g/mol. The first-order valence-corrected chi connectivity index (χ1v) is 8.83. The highest BCUT2D eigenvalue weighted by Gasteiger charge is 2.43. The van der Waals surface area contributed by atoms with Gasteiger partial charge in [-0.15, -0.1) is 0 Å². The molecular formula is C19H23N3O3. The molecular weight excluding hydrogens is 318 g/mol. The second kappa shape index (κ2) is 7.37. The van der Waals surface area contributed by atoms with E-state index in [2.05, 4.69) is 15.2 Å². The molecule has 4 heterocycles. The number of ether oxygens (including phenoxy) is 1. The third-order valence-corrected chi connectivity index (χ3v) is 5.14. The zero-order valence-electron chi connectivity index (χ0n) is 14.1. The van der Waals surface area contributed by atoms with Crippen LogP contribution in [0.4, 0.5) is 0 Å². The van der Waals surface area contributed by atoms with E-state index in [9.17, 15) is 4.79 Å². The van der Waals surface area contributed by atoms with E-state index in [1.165, 1.54) is 0 Å². The lowest BCUT2D eigenvalue weighted by Gasteiger charge is -2.38. The van der Waals surface area contributed by atoms with E-state index >= 15 is 0 Å². The first-order chi connectivity index (χ1) is 12.3. The minimum atomic E-state index is -0.0556. The molecule has 3 atom stereocenters. The molecule has 132 valence electrons. The number of amides is 1. The lowest BCUT2D eigenvalue weighted by Crippen LogP contribution is -2.52. The van der Waals surface area contributed by atoms with Crippen LogP contribution in [0.5, 0.6) is 0 Å². The predicted molar refractivity (Wildman–Crippen MR) is 91.4 cm³/mol. The third-order valence-electron chi connectivity index (χ3n) is 5.14. The number of piperidine rings is 1. The molecule has 0 unspecified atom stereocenters. The van der Waals surface area contributed by atoms with Crippen LogP contribution in [0.15, 0.2) is 47.2 Å². The van der Waals surface area contributed by atoms with E-state index in [1.807, 2.05) is 30.3 Å². The van der Waals surface area contributed by atoms with Gasteiger partial charge in [0.1, 0.15) is 5.76 Å². The molecule has 1 N–H and O–H groups in total. The molecule has 6 nitrogen and oxygen atoms in total. The summed E-state index contributed by atoms with van der Waals surface area (Å²) in [5.74, 6) is 1.26. The zero-order chi connectivity index (χ0) is 17.1. The highest BCUT2D eigenvalue weighted by molar-refractivity contribution is 5.79. The first kappa shape index (κ1) is 16.3. The summed E-state index contributed by atoms with van der Waals surface area (Å²) in [6, 6.07) is 9.59. The fraction of sp³-hybridized carbons (Fsp3) is 0.474. The van der Waals surface area contributed by atoms with Gasteiger partial charge in [0, 0.05) is 31.8 Å². The molecule has 4 rings (SSSR count). The number of carbonyl (C=O) groups is 1. The minimum Gasteiger partial charge on any atom is -0.468 e. The van der Waals surface area contributed by atoms with Crippen molar-refractivity contribution >= 4 is 5.91 Å². The summed E-state index contributed by atoms with van der Waals surface area (Å²) in [6.45, 7) is 3.51. The Balaban J connectivity index is 1.41. The van der Waals surface area contributed by atoms with Crippen molar-refractivity contribution in [2.75, 3.05) is 19.7 Å². The van der Waals surface area contributed by atoms with E-state index in [0.29, 0.717) is 19.0 Å². The fourth-order valence-corrected chi connectivity index (χ4v) is 3.90. The number of fused-ring (bicyclic) bond motifs is 1. The van der Waals surface area contributed by atoms with E-state index in [-0.39, 0.29) is 17.9 Å². The van der Waals surface area contributed by atoms with Crippen LogP contribution < -0.4 is 5.32 Å². The number of likely N-dealkylation sites (tertiary alicyclic amines) is 1. The standard InChI is InChI=1S/C19H23N3O3/c23-19(21-10-14-4-1-2-7-20-14)17-12-22(11-15-5-3-8-24-15)13-18-16(17)6-9-25-18/h1-5,7-8,16-18H,6,9-13H2,(H,21,23)/t16-,17-,18+/m1/s1. The summed E-state index contributed by atoms with van der Waals surface area (Å²) in [4.78, 5) is 19.3. The van der Waals surface area contributed by atoms with Crippen LogP contribution in [0.3, 0.4) is 0 Å². The minimum absolute atomic E-state index is 0.0556. The smallest absolute Gasteiger partial charge is 0.225 e. The van der Waals surface area contributed by atoms with Crippen LogP contribution in [0.25, 0.3) is 0 Å². The van der Waals surface area contributed by atoms with Crippen molar-refractivity contribution < 1.29 is 13.9 Å². The maximum Gasteiger partial charge on any atom is 0.225 e. The van der Waals surface area contributed by atoms with Gasteiger partial charge in [0.25, 0.3) is 0 Å². The molecule has 6 heteroatoms. The van der Waals surface area contributed by atoms with Gasteiger partial charge in [-0.3, -0.25) is 14.7 Å². The van der Waals surface area contributed by atoms with Crippen molar-refractivity contribution in [3.05, 3.63) is 54.2 Å². The number of aromatic nitrogens is 1. The molecule has 1 amide bonds. The molecule has 2 aromatic rings. The van der Waals surface area contributed by atoms with Gasteiger partial charge < -0.3 is 14.5 Å². The molecule has 0 bridgehead atoms. The molecule has 0 aromatic carbocycles. The van der Waals surface area contributed by atoms with Gasteiger partial charge in [-0.05, 0) is 30.7 Å². The molecule has 0 radical (unpaired) electrons. The molecule has 0 aliphatic carbocycles. The Morgan fingerprint density at radius 2 is 2.24 bits per heavy atom. The summed E-state index contributed by atoms with van der Waals surface area (Å²) >= 11 is 0. The van der Waals surface area contributed by atoms with Crippen molar-refractivity contribution in [1.29, 1.82) is 0 Å². The van der Waals surface area contributed by atoms with E-state index in [4.69, 9.17) is 9.15 Å². The van der Waals surface area contributed by atoms with E-state index in [0.717, 1.165) is 37.6 Å². The summed E-state index contributed by atoms with van der Waals surface area (Å²) in [5, 5.41) is 3.05. The van der Waals surface area contributed by atoms with Gasteiger partial charge in [-0.2, -0.15) is 0 Å². The van der Waals surface area contributed by atoms with Crippen LogP contribution in [-0.4, -0.2) is 41.6 Å². The number of furan rings is 1. The lowest BCUT2D eigenvalue weighted by atomic mass is 9.82. The van der Waals surface area contributed by atoms with Gasteiger partial charge in [0.2, 0.25) is 5.91 Å². The second-order valence-corrected chi connectivity index (χ2v) is 6.78. The molecule has 0 saturated carbocycles. The number of rotatable bonds is 5. The maximum absolute atomic E-state index is 12.8. The van der Waals surface area contributed by atoms with Crippen LogP contribution in [-0.2, 0) is 22.6 Å². The maximum atomic E-state index is 12.8. The van der Waals surface area contributed by atoms with Gasteiger partial charge in [0.05, 0.1) is 37.1 Å². The lowest BCUT2D eigenvalue weighted by molar-refractivity contribution is -0.131. The van der Waals surface area contributed by atoms with E-state index < -0.39 is 0 Å². The number of carbonyl (C=O) groups excluding carboxylic acids is 1. The Bertz CT molecular complexity index is 689.